The van der Waals surface area contributed by atoms with E-state index in [2.05, 4.69) is 23.0 Å². The van der Waals surface area contributed by atoms with Crippen LogP contribution in [0.1, 0.15) is 28.8 Å². The number of aromatic nitrogens is 2. The van der Waals surface area contributed by atoms with Crippen LogP contribution in [-0.2, 0) is 12.8 Å². The molecule has 4 N–H and O–H groups in total. The average molecular weight is 329 g/mol. The Morgan fingerprint density at radius 2 is 2.08 bits per heavy atom. The topological polar surface area (TPSA) is 102 Å². The number of nitrogens with two attached hydrogens (primary N) is 2. The Balaban J connectivity index is 2.15. The van der Waals surface area contributed by atoms with Gasteiger partial charge < -0.3 is 11.5 Å². The van der Waals surface area contributed by atoms with E-state index in [1.807, 2.05) is 24.3 Å². The molecule has 4 rings (SSSR count). The van der Waals surface area contributed by atoms with E-state index in [0.717, 1.165) is 51.7 Å². The van der Waals surface area contributed by atoms with Crippen LogP contribution in [0.25, 0.3) is 22.0 Å². The summed E-state index contributed by atoms with van der Waals surface area (Å²) in [5.41, 5.74) is 18.7. The number of nitriles is 1. The van der Waals surface area contributed by atoms with E-state index in [1.165, 1.54) is 0 Å². The van der Waals surface area contributed by atoms with Crippen LogP contribution in [0, 0.1) is 18.3 Å². The van der Waals surface area contributed by atoms with Gasteiger partial charge in [0.05, 0.1) is 5.52 Å². The summed E-state index contributed by atoms with van der Waals surface area (Å²) in [6.45, 7) is 2.05. The van der Waals surface area contributed by atoms with Crippen LogP contribution in [0.2, 0.25) is 0 Å². The number of hydrogen-bond donors (Lipinski definition) is 2. The van der Waals surface area contributed by atoms with Crippen molar-refractivity contribution in [2.45, 2.75) is 32.2 Å². The van der Waals surface area contributed by atoms with E-state index >= 15 is 0 Å². The molecule has 2 aromatic heterocycles. The standard InChI is InChI=1S/C20H19N5/c1-11-4-6-16-13(3-2-8-24-16)18(11)19-14-9-12(22)5-7-17(14)25-20(23)15(19)10-21/h2-4,6,8,12H,5,7,9,22H2,1H3,(H2,23,25). The molecule has 5 heteroatoms. The number of anilines is 1. The largest absolute Gasteiger partial charge is 0.383 e. The maximum absolute atomic E-state index is 9.77. The molecule has 5 nitrogen and oxygen atoms in total. The van der Waals surface area contributed by atoms with Crippen LogP contribution >= 0.6 is 0 Å². The molecule has 0 amide bonds. The van der Waals surface area contributed by atoms with Crippen LogP contribution in [0.3, 0.4) is 0 Å². The first kappa shape index (κ1) is 15.6. The first-order valence-corrected chi connectivity index (χ1v) is 8.41. The highest BCUT2D eigenvalue weighted by atomic mass is 14.9. The highest BCUT2D eigenvalue weighted by Gasteiger charge is 2.26. The zero-order valence-electron chi connectivity index (χ0n) is 14.1. The van der Waals surface area contributed by atoms with Crippen molar-refractivity contribution in [3.05, 3.63) is 52.8 Å². The normalized spacial score (nSPS) is 16.4. The SMILES string of the molecule is Cc1ccc2ncccc2c1-c1c(C#N)c(N)nc2c1CC(N)CC2. The van der Waals surface area contributed by atoms with Crippen molar-refractivity contribution in [3.8, 4) is 17.2 Å². The number of benzene rings is 1. The Morgan fingerprint density at radius 3 is 2.88 bits per heavy atom. The van der Waals surface area contributed by atoms with Gasteiger partial charge in [-0.15, -0.1) is 0 Å². The second kappa shape index (κ2) is 5.83. The average Bonchev–Trinajstić information content (AvgIpc) is 2.61. The number of nitrogens with zero attached hydrogens (tertiary/aromatic N) is 3. The molecular formula is C20H19N5. The maximum atomic E-state index is 9.77. The summed E-state index contributed by atoms with van der Waals surface area (Å²) in [5, 5.41) is 10.8. The lowest BCUT2D eigenvalue weighted by atomic mass is 9.82. The summed E-state index contributed by atoms with van der Waals surface area (Å²) in [6, 6.07) is 10.3. The van der Waals surface area contributed by atoms with E-state index < -0.39 is 0 Å². The van der Waals surface area contributed by atoms with Crippen LogP contribution in [-0.4, -0.2) is 16.0 Å². The molecule has 2 heterocycles. The van der Waals surface area contributed by atoms with Gasteiger partial charge in [0.25, 0.3) is 0 Å². The van der Waals surface area contributed by atoms with Gasteiger partial charge >= 0.3 is 0 Å². The molecular weight excluding hydrogens is 310 g/mol. The molecule has 0 saturated carbocycles. The molecule has 25 heavy (non-hydrogen) atoms. The van der Waals surface area contributed by atoms with Crippen molar-refractivity contribution in [2.75, 3.05) is 5.73 Å². The first-order chi connectivity index (χ1) is 12.1. The first-order valence-electron chi connectivity index (χ1n) is 8.41. The molecule has 0 aliphatic heterocycles. The lowest BCUT2D eigenvalue weighted by Crippen LogP contribution is -2.29. The molecule has 124 valence electrons. The Bertz CT molecular complexity index is 1030. The lowest BCUT2D eigenvalue weighted by molar-refractivity contribution is 0.568. The van der Waals surface area contributed by atoms with Gasteiger partial charge in [-0.3, -0.25) is 4.98 Å². The summed E-state index contributed by atoms with van der Waals surface area (Å²) < 4.78 is 0. The molecule has 0 spiro atoms. The van der Waals surface area contributed by atoms with Gasteiger partial charge in [-0.1, -0.05) is 12.1 Å². The molecule has 1 aliphatic carbocycles. The van der Waals surface area contributed by atoms with Crippen molar-refractivity contribution in [3.63, 3.8) is 0 Å². The Hall–Kier alpha value is -2.97. The fourth-order valence-electron chi connectivity index (χ4n) is 3.79. The van der Waals surface area contributed by atoms with Gasteiger partial charge in [0.2, 0.25) is 0 Å². The number of nitrogen functional groups attached to an aromatic ring is 1. The quantitative estimate of drug-likeness (QED) is 0.715. The summed E-state index contributed by atoms with van der Waals surface area (Å²) in [4.78, 5) is 8.96. The second-order valence-electron chi connectivity index (χ2n) is 6.61. The zero-order chi connectivity index (χ0) is 17.6. The number of aryl methyl sites for hydroxylation is 2. The van der Waals surface area contributed by atoms with Crippen LogP contribution in [0.5, 0.6) is 0 Å². The van der Waals surface area contributed by atoms with Crippen LogP contribution in [0.15, 0.2) is 30.5 Å². The fraction of sp³-hybridized carbons (Fsp3) is 0.250. The number of pyridine rings is 2. The van der Waals surface area contributed by atoms with Crippen molar-refractivity contribution < 1.29 is 0 Å². The molecule has 1 atom stereocenters. The number of hydrogen-bond acceptors (Lipinski definition) is 5. The number of fused-ring (bicyclic) bond motifs is 2. The molecule has 0 saturated heterocycles. The van der Waals surface area contributed by atoms with Crippen LogP contribution in [0.4, 0.5) is 5.82 Å². The molecule has 3 aromatic rings. The highest BCUT2D eigenvalue weighted by molar-refractivity contribution is 5.99. The predicted octanol–water partition coefficient (Wildman–Crippen LogP) is 2.88. The minimum Gasteiger partial charge on any atom is -0.383 e. The molecule has 0 radical (unpaired) electrons. The molecule has 0 fully saturated rings. The molecule has 1 aromatic carbocycles. The van der Waals surface area contributed by atoms with E-state index in [0.29, 0.717) is 17.8 Å². The Kier molecular flexibility index (Phi) is 3.63. The lowest BCUT2D eigenvalue weighted by Gasteiger charge is -2.26. The van der Waals surface area contributed by atoms with Crippen molar-refractivity contribution in [2.24, 2.45) is 5.73 Å². The van der Waals surface area contributed by atoms with E-state index in [1.54, 1.807) is 6.20 Å². The summed E-state index contributed by atoms with van der Waals surface area (Å²) in [7, 11) is 0. The third kappa shape index (κ3) is 2.43. The van der Waals surface area contributed by atoms with E-state index in [4.69, 9.17) is 11.5 Å². The third-order valence-electron chi connectivity index (χ3n) is 4.99. The minimum atomic E-state index is 0.0802. The van der Waals surface area contributed by atoms with Crippen molar-refractivity contribution >= 4 is 16.7 Å². The zero-order valence-corrected chi connectivity index (χ0v) is 14.1. The maximum Gasteiger partial charge on any atom is 0.142 e. The van der Waals surface area contributed by atoms with Gasteiger partial charge in [-0.05, 0) is 55.0 Å². The Labute approximate surface area is 146 Å². The van der Waals surface area contributed by atoms with E-state index in [-0.39, 0.29) is 6.04 Å². The minimum absolute atomic E-state index is 0.0802. The van der Waals surface area contributed by atoms with Crippen LogP contribution < -0.4 is 11.5 Å². The monoisotopic (exact) mass is 329 g/mol. The van der Waals surface area contributed by atoms with Gasteiger partial charge in [0, 0.05) is 28.9 Å². The summed E-state index contributed by atoms with van der Waals surface area (Å²) in [5.74, 6) is 0.298. The molecule has 1 aliphatic rings. The molecule has 0 bridgehead atoms. The van der Waals surface area contributed by atoms with E-state index in [9.17, 15) is 5.26 Å². The van der Waals surface area contributed by atoms with Gasteiger partial charge in [0.15, 0.2) is 0 Å². The van der Waals surface area contributed by atoms with Crippen molar-refractivity contribution in [1.29, 1.82) is 5.26 Å². The van der Waals surface area contributed by atoms with Crippen molar-refractivity contribution in [1.82, 2.24) is 9.97 Å². The van der Waals surface area contributed by atoms with Gasteiger partial charge in [-0.2, -0.15) is 5.26 Å². The summed E-state index contributed by atoms with van der Waals surface area (Å²) in [6.07, 6.45) is 4.17. The third-order valence-corrected chi connectivity index (χ3v) is 4.99. The number of rotatable bonds is 1. The summed E-state index contributed by atoms with van der Waals surface area (Å²) >= 11 is 0. The fourth-order valence-corrected chi connectivity index (χ4v) is 3.79. The highest BCUT2D eigenvalue weighted by Crippen LogP contribution is 2.40. The molecule has 1 unspecified atom stereocenters. The van der Waals surface area contributed by atoms with Gasteiger partial charge in [0.1, 0.15) is 17.5 Å². The van der Waals surface area contributed by atoms with Gasteiger partial charge in [-0.25, -0.2) is 4.98 Å². The predicted molar refractivity (Wildman–Crippen MR) is 98.8 cm³/mol. The Morgan fingerprint density at radius 1 is 1.24 bits per heavy atom. The second-order valence-corrected chi connectivity index (χ2v) is 6.61. The smallest absolute Gasteiger partial charge is 0.142 e.